The molecule has 6 fully saturated rings. The Balaban J connectivity index is 0.935. The van der Waals surface area contributed by atoms with Crippen LogP contribution in [0.2, 0.25) is 0 Å². The molecule has 7 rings (SSSR count). The van der Waals surface area contributed by atoms with Crippen molar-refractivity contribution in [3.05, 3.63) is 29.8 Å². The molecule has 2 heterocycles. The summed E-state index contributed by atoms with van der Waals surface area (Å²) in [5, 5.41) is 3.50. The molecule has 2 aliphatic heterocycles. The summed E-state index contributed by atoms with van der Waals surface area (Å²) < 4.78 is 18.9. The van der Waals surface area contributed by atoms with E-state index in [0.717, 1.165) is 61.0 Å². The second kappa shape index (κ2) is 12.8. The molecule has 1 aromatic carbocycles. The number of rotatable bonds is 9. The zero-order valence-electron chi connectivity index (χ0n) is 28.6. The van der Waals surface area contributed by atoms with Gasteiger partial charge in [0, 0.05) is 32.7 Å². The Kier molecular flexibility index (Phi) is 9.16. The third-order valence-electron chi connectivity index (χ3n) is 14.6. The molecule has 4 aliphatic carbocycles. The van der Waals surface area contributed by atoms with Gasteiger partial charge in [-0.15, -0.1) is 0 Å². The van der Waals surface area contributed by atoms with Crippen LogP contribution < -0.4 is 10.1 Å². The van der Waals surface area contributed by atoms with Crippen LogP contribution in [-0.4, -0.2) is 63.0 Å². The fourth-order valence-electron chi connectivity index (χ4n) is 12.2. The molecule has 0 bridgehead atoms. The van der Waals surface area contributed by atoms with E-state index < -0.39 is 0 Å². The van der Waals surface area contributed by atoms with Gasteiger partial charge in [0.15, 0.2) is 0 Å². The van der Waals surface area contributed by atoms with Crippen LogP contribution in [0.1, 0.15) is 97.5 Å². The maximum absolute atomic E-state index is 7.05. The molecule has 5 nitrogen and oxygen atoms in total. The molecule has 44 heavy (non-hydrogen) atoms. The lowest BCUT2D eigenvalue weighted by atomic mass is 9.44. The van der Waals surface area contributed by atoms with Gasteiger partial charge in [0.2, 0.25) is 0 Å². The van der Waals surface area contributed by atoms with E-state index in [9.17, 15) is 0 Å². The summed E-state index contributed by atoms with van der Waals surface area (Å²) in [5.74, 6) is 6.67. The van der Waals surface area contributed by atoms with Gasteiger partial charge in [-0.05, 0) is 134 Å². The second-order valence-corrected chi connectivity index (χ2v) is 16.8. The molecular formula is C39H62N2O3. The minimum absolute atomic E-state index is 0.414. The number of benzene rings is 1. The average Bonchev–Trinajstić information content (AvgIpc) is 3.52. The zero-order valence-corrected chi connectivity index (χ0v) is 28.6. The van der Waals surface area contributed by atoms with Crippen molar-refractivity contribution < 1.29 is 14.2 Å². The fraction of sp³-hybridized carbons (Fsp3) is 0.846. The van der Waals surface area contributed by atoms with Gasteiger partial charge in [-0.1, -0.05) is 39.8 Å². The molecular weight excluding hydrogens is 544 g/mol. The van der Waals surface area contributed by atoms with Crippen molar-refractivity contribution in [3.63, 3.8) is 0 Å². The van der Waals surface area contributed by atoms with Crippen LogP contribution in [0.3, 0.4) is 0 Å². The van der Waals surface area contributed by atoms with Crippen LogP contribution in [-0.2, 0) is 16.1 Å². The average molecular weight is 607 g/mol. The fourth-order valence-corrected chi connectivity index (χ4v) is 12.2. The molecule has 2 saturated heterocycles. The smallest absolute Gasteiger partial charge is 0.118 e. The van der Waals surface area contributed by atoms with Gasteiger partial charge in [0.25, 0.3) is 0 Å². The lowest BCUT2D eigenvalue weighted by Gasteiger charge is -2.61. The number of nitrogens with zero attached hydrogens (tertiary/aromatic N) is 1. The molecule has 246 valence electrons. The van der Waals surface area contributed by atoms with E-state index >= 15 is 0 Å². The molecule has 6 aliphatic rings. The number of nitrogens with one attached hydrogen (secondary N) is 1. The van der Waals surface area contributed by atoms with Crippen molar-refractivity contribution in [1.82, 2.24) is 10.2 Å². The largest absolute Gasteiger partial charge is 0.497 e. The molecule has 0 radical (unpaired) electrons. The quantitative estimate of drug-likeness (QED) is 0.314. The standard InChI is InChI=1S/C39H62N2O3/c1-26(24-41-20-18-40-19-21-41)6-13-35-27(2)37-36(44-35)23-34-32-12-9-29-22-31(43-25-28-7-10-30(42-5)11-8-28)14-16-38(29,3)33(32)15-17-39(34,37)4/h7-8,10-11,26-27,29,31-37,40H,6,9,12-25H2,1-5H3/t26-,27+,29+,31-,32+,33-,34-,35+,36-,37-,38-,39-/m0/s1. The van der Waals surface area contributed by atoms with E-state index in [1.807, 2.05) is 12.1 Å². The topological polar surface area (TPSA) is 43.0 Å². The Morgan fingerprint density at radius 1 is 0.977 bits per heavy atom. The third kappa shape index (κ3) is 5.79. The summed E-state index contributed by atoms with van der Waals surface area (Å²) in [7, 11) is 1.73. The first-order valence-corrected chi connectivity index (χ1v) is 18.6. The zero-order chi connectivity index (χ0) is 30.5. The van der Waals surface area contributed by atoms with Crippen LogP contribution in [0.5, 0.6) is 5.75 Å². The maximum atomic E-state index is 7.05. The van der Waals surface area contributed by atoms with Crippen molar-refractivity contribution in [3.8, 4) is 5.75 Å². The van der Waals surface area contributed by atoms with E-state index in [4.69, 9.17) is 14.2 Å². The van der Waals surface area contributed by atoms with Crippen molar-refractivity contribution >= 4 is 0 Å². The van der Waals surface area contributed by atoms with E-state index in [-0.39, 0.29) is 0 Å². The monoisotopic (exact) mass is 606 g/mol. The Bertz CT molecular complexity index is 1110. The molecule has 12 atom stereocenters. The number of methoxy groups -OCH3 is 1. The number of piperazine rings is 1. The normalized spacial score (nSPS) is 44.3. The Morgan fingerprint density at radius 2 is 1.75 bits per heavy atom. The van der Waals surface area contributed by atoms with E-state index in [1.54, 1.807) is 7.11 Å². The number of hydrogen-bond acceptors (Lipinski definition) is 5. The summed E-state index contributed by atoms with van der Waals surface area (Å²) in [6, 6.07) is 8.39. The Morgan fingerprint density at radius 3 is 2.52 bits per heavy atom. The van der Waals surface area contributed by atoms with Crippen LogP contribution in [0.15, 0.2) is 24.3 Å². The predicted octanol–water partition coefficient (Wildman–Crippen LogP) is 7.57. The van der Waals surface area contributed by atoms with Gasteiger partial charge in [-0.25, -0.2) is 0 Å². The first-order valence-electron chi connectivity index (χ1n) is 18.6. The highest BCUT2D eigenvalue weighted by atomic mass is 16.5. The van der Waals surface area contributed by atoms with Crippen LogP contribution in [0.4, 0.5) is 0 Å². The van der Waals surface area contributed by atoms with Crippen molar-refractivity contribution in [2.24, 2.45) is 52.3 Å². The van der Waals surface area contributed by atoms with Gasteiger partial charge in [0.05, 0.1) is 32.0 Å². The van der Waals surface area contributed by atoms with Crippen LogP contribution in [0.25, 0.3) is 0 Å². The van der Waals surface area contributed by atoms with Gasteiger partial charge in [-0.3, -0.25) is 0 Å². The van der Waals surface area contributed by atoms with E-state index in [2.05, 4.69) is 50.0 Å². The summed E-state index contributed by atoms with van der Waals surface area (Å²) in [6.07, 6.45) is 14.9. The van der Waals surface area contributed by atoms with Gasteiger partial charge < -0.3 is 24.4 Å². The predicted molar refractivity (Wildman–Crippen MR) is 178 cm³/mol. The van der Waals surface area contributed by atoms with Crippen molar-refractivity contribution in [2.75, 3.05) is 39.8 Å². The molecule has 0 unspecified atom stereocenters. The number of ether oxygens (including phenoxy) is 3. The molecule has 0 amide bonds. The van der Waals surface area contributed by atoms with Crippen molar-refractivity contribution in [1.29, 1.82) is 0 Å². The first-order chi connectivity index (χ1) is 21.3. The summed E-state index contributed by atoms with van der Waals surface area (Å²) in [5.41, 5.74) is 2.23. The number of hydrogen-bond donors (Lipinski definition) is 1. The molecule has 1 aromatic rings. The van der Waals surface area contributed by atoms with Crippen molar-refractivity contribution in [2.45, 2.75) is 117 Å². The Hall–Kier alpha value is -1.14. The summed E-state index contributed by atoms with van der Waals surface area (Å²) in [6.45, 7) is 17.2. The summed E-state index contributed by atoms with van der Waals surface area (Å²) >= 11 is 0. The van der Waals surface area contributed by atoms with Gasteiger partial charge in [-0.2, -0.15) is 0 Å². The van der Waals surface area contributed by atoms with Gasteiger partial charge >= 0.3 is 0 Å². The minimum Gasteiger partial charge on any atom is -0.497 e. The maximum Gasteiger partial charge on any atom is 0.118 e. The molecule has 5 heteroatoms. The van der Waals surface area contributed by atoms with Gasteiger partial charge in [0.1, 0.15) is 5.75 Å². The van der Waals surface area contributed by atoms with E-state index in [0.29, 0.717) is 35.1 Å². The third-order valence-corrected chi connectivity index (χ3v) is 14.6. The molecule has 1 N–H and O–H groups in total. The lowest BCUT2D eigenvalue weighted by molar-refractivity contribution is -0.139. The highest BCUT2D eigenvalue weighted by Gasteiger charge is 2.65. The van der Waals surface area contributed by atoms with E-state index in [1.165, 1.54) is 89.4 Å². The highest BCUT2D eigenvalue weighted by molar-refractivity contribution is 5.26. The van der Waals surface area contributed by atoms with Crippen LogP contribution >= 0.6 is 0 Å². The first kappa shape index (κ1) is 31.5. The lowest BCUT2D eigenvalue weighted by Crippen LogP contribution is -2.54. The van der Waals surface area contributed by atoms with Crippen LogP contribution in [0, 0.1) is 52.3 Å². The molecule has 0 aromatic heterocycles. The number of fused-ring (bicyclic) bond motifs is 7. The Labute approximate surface area is 268 Å². The highest BCUT2D eigenvalue weighted by Crippen LogP contribution is 2.70. The molecule has 4 saturated carbocycles. The minimum atomic E-state index is 0.414. The molecule has 0 spiro atoms. The second-order valence-electron chi connectivity index (χ2n) is 16.8. The summed E-state index contributed by atoms with van der Waals surface area (Å²) in [4.78, 5) is 2.66. The SMILES string of the molecule is COc1ccc(CO[C@H]2CC[C@@]3(C)[C@H](CC[C@@H]4[C@@H]3CC[C@]3(C)[C@H]5[C@H](C)[C@@H](CC[C@H](C)CN6CCNCC6)O[C@H]5C[C@@H]43)C2)cc1.